The number of hydrogen-bond acceptors (Lipinski definition) is 1. The molecule has 0 saturated heterocycles. The molecule has 2 nitrogen and oxygen atoms in total. The van der Waals surface area contributed by atoms with Crippen LogP contribution >= 0.6 is 11.6 Å². The zero-order valence-electron chi connectivity index (χ0n) is 10.6. The lowest BCUT2D eigenvalue weighted by molar-refractivity contribution is 0.562. The molecule has 1 fully saturated rings. The van der Waals surface area contributed by atoms with Gasteiger partial charge in [0.05, 0.1) is 5.02 Å². The Kier molecular flexibility index (Phi) is 3.43. The summed E-state index contributed by atoms with van der Waals surface area (Å²) in [5.74, 6) is 1.31. The lowest BCUT2D eigenvalue weighted by Gasteiger charge is -2.05. The van der Waals surface area contributed by atoms with Crippen molar-refractivity contribution >= 4 is 11.6 Å². The molecule has 2 aromatic rings. The lowest BCUT2D eigenvalue weighted by atomic mass is 10.1. The number of pyridine rings is 1. The summed E-state index contributed by atoms with van der Waals surface area (Å²) in [4.78, 5) is 11.7. The Morgan fingerprint density at radius 3 is 2.68 bits per heavy atom. The van der Waals surface area contributed by atoms with Gasteiger partial charge in [0.15, 0.2) is 0 Å². The first-order valence-electron chi connectivity index (χ1n) is 6.62. The van der Waals surface area contributed by atoms with Gasteiger partial charge >= 0.3 is 0 Å². The van der Waals surface area contributed by atoms with E-state index in [0.717, 1.165) is 13.0 Å². The van der Waals surface area contributed by atoms with Crippen LogP contribution in [0.3, 0.4) is 0 Å². The maximum atomic E-state index is 11.7. The minimum Gasteiger partial charge on any atom is -0.314 e. The van der Waals surface area contributed by atoms with E-state index in [1.807, 2.05) is 6.07 Å². The van der Waals surface area contributed by atoms with Crippen molar-refractivity contribution in [2.45, 2.75) is 19.4 Å². The number of hydrogen-bond donors (Lipinski definition) is 0. The molecule has 1 aliphatic carbocycles. The highest BCUT2D eigenvalue weighted by Crippen LogP contribution is 2.42. The predicted molar refractivity (Wildman–Crippen MR) is 77.5 cm³/mol. The molecule has 1 aromatic carbocycles. The summed E-state index contributed by atoms with van der Waals surface area (Å²) in [7, 11) is 0. The summed E-state index contributed by atoms with van der Waals surface area (Å²) in [6.45, 7) is 0.789. The van der Waals surface area contributed by atoms with E-state index in [-0.39, 0.29) is 5.56 Å². The summed E-state index contributed by atoms with van der Waals surface area (Å²) >= 11 is 5.93. The Balaban J connectivity index is 1.62. The first-order valence-corrected chi connectivity index (χ1v) is 7.00. The van der Waals surface area contributed by atoms with Crippen molar-refractivity contribution in [3.05, 3.63) is 69.6 Å². The van der Waals surface area contributed by atoms with Crippen LogP contribution in [0.1, 0.15) is 12.0 Å². The van der Waals surface area contributed by atoms with Crippen LogP contribution in [0.5, 0.6) is 0 Å². The molecular formula is C16H16ClNO. The van der Waals surface area contributed by atoms with Gasteiger partial charge in [-0.15, -0.1) is 0 Å². The fraction of sp³-hybridized carbons (Fsp3) is 0.312. The van der Waals surface area contributed by atoms with Gasteiger partial charge in [-0.05, 0) is 36.3 Å². The predicted octanol–water partition coefficient (Wildman–Crippen LogP) is 3.38. The summed E-state index contributed by atoms with van der Waals surface area (Å²) in [5.41, 5.74) is 1.42. The molecular weight excluding hydrogens is 258 g/mol. The number of halogens is 1. The lowest BCUT2D eigenvalue weighted by Crippen LogP contribution is -2.19. The second-order valence-corrected chi connectivity index (χ2v) is 5.72. The maximum absolute atomic E-state index is 11.7. The van der Waals surface area contributed by atoms with Gasteiger partial charge in [-0.25, -0.2) is 0 Å². The Morgan fingerprint density at radius 2 is 1.89 bits per heavy atom. The van der Waals surface area contributed by atoms with Gasteiger partial charge in [0, 0.05) is 18.8 Å². The maximum Gasteiger partial charge on any atom is 0.250 e. The van der Waals surface area contributed by atoms with Gasteiger partial charge in [-0.2, -0.15) is 0 Å². The number of rotatable bonds is 4. The molecule has 1 heterocycles. The summed E-state index contributed by atoms with van der Waals surface area (Å²) in [6.07, 6.45) is 4.05. The van der Waals surface area contributed by atoms with Gasteiger partial charge in [-0.3, -0.25) is 4.79 Å². The number of nitrogens with zero attached hydrogens (tertiary/aromatic N) is 1. The van der Waals surface area contributed by atoms with Crippen LogP contribution in [0.2, 0.25) is 5.02 Å². The van der Waals surface area contributed by atoms with Crippen molar-refractivity contribution in [1.29, 1.82) is 0 Å². The van der Waals surface area contributed by atoms with Gasteiger partial charge in [-0.1, -0.05) is 41.9 Å². The zero-order chi connectivity index (χ0) is 13.2. The average Bonchev–Trinajstić information content (AvgIpc) is 3.13. The quantitative estimate of drug-likeness (QED) is 0.837. The minimum atomic E-state index is 0.0368. The molecule has 19 heavy (non-hydrogen) atoms. The topological polar surface area (TPSA) is 22.0 Å². The van der Waals surface area contributed by atoms with E-state index < -0.39 is 0 Å². The van der Waals surface area contributed by atoms with Gasteiger partial charge < -0.3 is 4.57 Å². The normalized spacial score (nSPS) is 21.3. The number of benzene rings is 1. The molecule has 0 spiro atoms. The Bertz CT molecular complexity index is 620. The van der Waals surface area contributed by atoms with Crippen molar-refractivity contribution in [2.75, 3.05) is 0 Å². The van der Waals surface area contributed by atoms with Crippen LogP contribution in [0.4, 0.5) is 0 Å². The molecule has 0 unspecified atom stereocenters. The molecule has 0 bridgehead atoms. The van der Waals surface area contributed by atoms with Crippen LogP contribution in [-0.4, -0.2) is 4.57 Å². The van der Waals surface area contributed by atoms with Crippen LogP contribution in [0.15, 0.2) is 53.5 Å². The van der Waals surface area contributed by atoms with E-state index in [1.165, 1.54) is 18.1 Å². The first kappa shape index (κ1) is 12.5. The van der Waals surface area contributed by atoms with Crippen LogP contribution in [0, 0.1) is 11.8 Å². The van der Waals surface area contributed by atoms with Crippen LogP contribution in [0.25, 0.3) is 0 Å². The van der Waals surface area contributed by atoms with Crippen molar-refractivity contribution in [2.24, 2.45) is 11.8 Å². The highest BCUT2D eigenvalue weighted by atomic mass is 35.5. The second-order valence-electron chi connectivity index (χ2n) is 5.28. The third-order valence-electron chi connectivity index (χ3n) is 3.79. The minimum absolute atomic E-state index is 0.0368. The van der Waals surface area contributed by atoms with E-state index >= 15 is 0 Å². The molecule has 1 aliphatic rings. The summed E-state index contributed by atoms with van der Waals surface area (Å²) in [5, 5.41) is 0.625. The van der Waals surface area contributed by atoms with Crippen molar-refractivity contribution in [1.82, 2.24) is 4.57 Å². The zero-order valence-corrected chi connectivity index (χ0v) is 11.4. The monoisotopic (exact) mass is 273 g/mol. The molecule has 1 aromatic heterocycles. The SMILES string of the molecule is O=c1ccc(Cl)cn1C[C@H]1C[C@@H]1Cc1ccccc1. The highest BCUT2D eigenvalue weighted by molar-refractivity contribution is 6.30. The molecule has 0 N–H and O–H groups in total. The summed E-state index contributed by atoms with van der Waals surface area (Å²) in [6, 6.07) is 13.7. The molecule has 1 saturated carbocycles. The average molecular weight is 274 g/mol. The second kappa shape index (κ2) is 5.22. The van der Waals surface area contributed by atoms with E-state index in [1.54, 1.807) is 16.8 Å². The molecule has 0 aliphatic heterocycles. The fourth-order valence-corrected chi connectivity index (χ4v) is 2.78. The number of aromatic nitrogens is 1. The smallest absolute Gasteiger partial charge is 0.250 e. The van der Waals surface area contributed by atoms with Crippen molar-refractivity contribution in [3.63, 3.8) is 0 Å². The molecule has 3 heteroatoms. The highest BCUT2D eigenvalue weighted by Gasteiger charge is 2.36. The molecule has 2 atom stereocenters. The van der Waals surface area contributed by atoms with E-state index in [9.17, 15) is 4.79 Å². The van der Waals surface area contributed by atoms with E-state index in [2.05, 4.69) is 24.3 Å². The van der Waals surface area contributed by atoms with Crippen LogP contribution in [-0.2, 0) is 13.0 Å². The first-order chi connectivity index (χ1) is 9.22. The molecule has 98 valence electrons. The van der Waals surface area contributed by atoms with E-state index in [0.29, 0.717) is 16.9 Å². The Labute approximate surface area is 117 Å². The molecule has 0 amide bonds. The Morgan fingerprint density at radius 1 is 1.11 bits per heavy atom. The van der Waals surface area contributed by atoms with Gasteiger partial charge in [0.25, 0.3) is 5.56 Å². The van der Waals surface area contributed by atoms with Crippen molar-refractivity contribution < 1.29 is 0 Å². The third-order valence-corrected chi connectivity index (χ3v) is 4.01. The van der Waals surface area contributed by atoms with Crippen molar-refractivity contribution in [3.8, 4) is 0 Å². The summed E-state index contributed by atoms with van der Waals surface area (Å²) < 4.78 is 1.73. The van der Waals surface area contributed by atoms with Gasteiger partial charge in [0.1, 0.15) is 0 Å². The van der Waals surface area contributed by atoms with E-state index in [4.69, 9.17) is 11.6 Å². The van der Waals surface area contributed by atoms with Crippen LogP contribution < -0.4 is 5.56 Å². The molecule has 0 radical (unpaired) electrons. The Hall–Kier alpha value is -1.54. The fourth-order valence-electron chi connectivity index (χ4n) is 2.60. The standard InChI is InChI=1S/C16H16ClNO/c17-15-6-7-16(19)18(11-15)10-14-9-13(14)8-12-4-2-1-3-5-12/h1-7,11,13-14H,8-10H2/t13-,14+/m0/s1. The third kappa shape index (κ3) is 3.07. The largest absolute Gasteiger partial charge is 0.314 e. The van der Waals surface area contributed by atoms with Gasteiger partial charge in [0.2, 0.25) is 0 Å². The molecule has 3 rings (SSSR count).